The highest BCUT2D eigenvalue weighted by atomic mass is 32.2. The van der Waals surface area contributed by atoms with E-state index < -0.39 is 0 Å². The molecular formula is C9H19NS. The quantitative estimate of drug-likeness (QED) is 0.684. The average molecular weight is 173 g/mol. The minimum Gasteiger partial charge on any atom is -0.318 e. The van der Waals surface area contributed by atoms with Crippen LogP contribution in [0.2, 0.25) is 0 Å². The fourth-order valence-electron chi connectivity index (χ4n) is 1.58. The van der Waals surface area contributed by atoms with Gasteiger partial charge in [0.25, 0.3) is 0 Å². The molecule has 1 N–H and O–H groups in total. The van der Waals surface area contributed by atoms with E-state index in [0.29, 0.717) is 4.75 Å². The summed E-state index contributed by atoms with van der Waals surface area (Å²) in [4.78, 5) is 0. The average Bonchev–Trinajstić information content (AvgIpc) is 1.95. The molecule has 0 unspecified atom stereocenters. The zero-order chi connectivity index (χ0) is 8.16. The second kappa shape index (κ2) is 4.36. The van der Waals surface area contributed by atoms with Crippen molar-refractivity contribution < 1.29 is 0 Å². The summed E-state index contributed by atoms with van der Waals surface area (Å²) >= 11 is 2.17. The number of hydrogen-bond donors (Lipinski definition) is 1. The van der Waals surface area contributed by atoms with Gasteiger partial charge in [0.05, 0.1) is 0 Å². The van der Waals surface area contributed by atoms with Crippen LogP contribution in [0.25, 0.3) is 0 Å². The molecule has 1 aliphatic rings. The van der Waals surface area contributed by atoms with Gasteiger partial charge in [0.2, 0.25) is 0 Å². The normalized spacial score (nSPS) is 21.3. The van der Waals surface area contributed by atoms with Crippen LogP contribution in [0.3, 0.4) is 0 Å². The van der Waals surface area contributed by atoms with Gasteiger partial charge >= 0.3 is 0 Å². The van der Waals surface area contributed by atoms with E-state index in [2.05, 4.69) is 31.1 Å². The van der Waals surface area contributed by atoms with Gasteiger partial charge in [-0.05, 0) is 32.1 Å². The number of rotatable bonds is 5. The van der Waals surface area contributed by atoms with Gasteiger partial charge in [-0.25, -0.2) is 0 Å². The molecule has 0 bridgehead atoms. The maximum atomic E-state index is 3.30. The van der Waals surface area contributed by atoms with Crippen molar-refractivity contribution in [2.75, 3.05) is 19.3 Å². The summed E-state index contributed by atoms with van der Waals surface area (Å²) in [5.74, 6) is 1.34. The summed E-state index contributed by atoms with van der Waals surface area (Å²) in [5, 5.41) is 3.30. The Hall–Kier alpha value is 0.310. The molecule has 0 aromatic rings. The summed E-state index contributed by atoms with van der Waals surface area (Å²) in [7, 11) is 2.06. The van der Waals surface area contributed by atoms with E-state index in [0.717, 1.165) is 0 Å². The van der Waals surface area contributed by atoms with Crippen molar-refractivity contribution in [2.45, 2.75) is 37.4 Å². The van der Waals surface area contributed by atoms with Gasteiger partial charge in [0, 0.05) is 11.3 Å². The Bertz CT molecular complexity index is 110. The van der Waals surface area contributed by atoms with Crippen molar-refractivity contribution in [2.24, 2.45) is 0 Å². The Morgan fingerprint density at radius 1 is 1.45 bits per heavy atom. The molecule has 1 fully saturated rings. The molecule has 0 atom stereocenters. The molecule has 1 rings (SSSR count). The van der Waals surface area contributed by atoms with Crippen LogP contribution in [-0.4, -0.2) is 24.1 Å². The third kappa shape index (κ3) is 2.38. The van der Waals surface area contributed by atoms with Gasteiger partial charge in [0.1, 0.15) is 0 Å². The van der Waals surface area contributed by atoms with E-state index in [-0.39, 0.29) is 0 Å². The van der Waals surface area contributed by atoms with Crippen LogP contribution in [0.15, 0.2) is 0 Å². The van der Waals surface area contributed by atoms with Crippen molar-refractivity contribution in [3.8, 4) is 0 Å². The summed E-state index contributed by atoms with van der Waals surface area (Å²) in [6.45, 7) is 3.47. The van der Waals surface area contributed by atoms with Crippen molar-refractivity contribution >= 4 is 11.8 Å². The molecule has 0 saturated heterocycles. The molecule has 0 aromatic heterocycles. The molecular weight excluding hydrogens is 154 g/mol. The maximum absolute atomic E-state index is 3.30. The number of nitrogens with one attached hydrogen (secondary N) is 1. The Morgan fingerprint density at radius 2 is 2.18 bits per heavy atom. The first-order valence-corrected chi connectivity index (χ1v) is 5.60. The van der Waals surface area contributed by atoms with Crippen LogP contribution in [0.4, 0.5) is 0 Å². The molecule has 0 aliphatic heterocycles. The molecule has 0 aromatic carbocycles. The zero-order valence-electron chi connectivity index (χ0n) is 7.65. The molecule has 0 amide bonds. The molecule has 0 heterocycles. The maximum Gasteiger partial charge on any atom is 0.0284 e. The monoisotopic (exact) mass is 173 g/mol. The molecule has 1 nitrogen and oxygen atoms in total. The van der Waals surface area contributed by atoms with Crippen LogP contribution in [0, 0.1) is 0 Å². The molecule has 1 aliphatic carbocycles. The SMILES string of the molecule is CCCSC1(CNC)CCC1. The van der Waals surface area contributed by atoms with Crippen LogP contribution in [0.1, 0.15) is 32.6 Å². The van der Waals surface area contributed by atoms with Gasteiger partial charge < -0.3 is 5.32 Å². The predicted molar refractivity (Wildman–Crippen MR) is 53.3 cm³/mol. The molecule has 2 heteroatoms. The highest BCUT2D eigenvalue weighted by molar-refractivity contribution is 8.00. The van der Waals surface area contributed by atoms with E-state index in [1.165, 1.54) is 38.0 Å². The molecule has 66 valence electrons. The van der Waals surface area contributed by atoms with Crippen LogP contribution in [-0.2, 0) is 0 Å². The summed E-state index contributed by atoms with van der Waals surface area (Å²) < 4.78 is 0.630. The predicted octanol–water partition coefficient (Wildman–Crippen LogP) is 2.27. The van der Waals surface area contributed by atoms with Crippen molar-refractivity contribution in [1.29, 1.82) is 0 Å². The van der Waals surface area contributed by atoms with Crippen molar-refractivity contribution in [3.05, 3.63) is 0 Å². The second-order valence-electron chi connectivity index (χ2n) is 3.42. The van der Waals surface area contributed by atoms with E-state index >= 15 is 0 Å². The smallest absolute Gasteiger partial charge is 0.0284 e. The fourth-order valence-corrected chi connectivity index (χ4v) is 3.04. The van der Waals surface area contributed by atoms with E-state index in [1.807, 2.05) is 0 Å². The van der Waals surface area contributed by atoms with Crippen LogP contribution < -0.4 is 5.32 Å². The Balaban J connectivity index is 2.22. The third-order valence-corrected chi connectivity index (χ3v) is 4.15. The summed E-state index contributed by atoms with van der Waals surface area (Å²) in [6, 6.07) is 0. The summed E-state index contributed by atoms with van der Waals surface area (Å²) in [6.07, 6.45) is 5.62. The second-order valence-corrected chi connectivity index (χ2v) is 4.98. The van der Waals surface area contributed by atoms with Crippen LogP contribution >= 0.6 is 11.8 Å². The number of hydrogen-bond acceptors (Lipinski definition) is 2. The minimum absolute atomic E-state index is 0.630. The van der Waals surface area contributed by atoms with E-state index in [9.17, 15) is 0 Å². The fraction of sp³-hybridized carbons (Fsp3) is 1.00. The molecule has 0 radical (unpaired) electrons. The standard InChI is InChI=1S/C9H19NS/c1-3-7-11-9(8-10-2)5-4-6-9/h10H,3-8H2,1-2H3. The van der Waals surface area contributed by atoms with Gasteiger partial charge in [-0.15, -0.1) is 0 Å². The highest BCUT2D eigenvalue weighted by Crippen LogP contribution is 2.43. The lowest BCUT2D eigenvalue weighted by atomic mass is 9.84. The number of thioether (sulfide) groups is 1. The van der Waals surface area contributed by atoms with Crippen LogP contribution in [0.5, 0.6) is 0 Å². The van der Waals surface area contributed by atoms with Crippen molar-refractivity contribution in [1.82, 2.24) is 5.32 Å². The highest BCUT2D eigenvalue weighted by Gasteiger charge is 2.36. The Morgan fingerprint density at radius 3 is 2.55 bits per heavy atom. The van der Waals surface area contributed by atoms with E-state index in [4.69, 9.17) is 0 Å². The van der Waals surface area contributed by atoms with E-state index in [1.54, 1.807) is 0 Å². The zero-order valence-corrected chi connectivity index (χ0v) is 8.47. The summed E-state index contributed by atoms with van der Waals surface area (Å²) in [5.41, 5.74) is 0. The first-order valence-electron chi connectivity index (χ1n) is 4.61. The van der Waals surface area contributed by atoms with Gasteiger partial charge in [-0.2, -0.15) is 11.8 Å². The Kier molecular flexibility index (Phi) is 3.73. The first kappa shape index (κ1) is 9.40. The van der Waals surface area contributed by atoms with Crippen molar-refractivity contribution in [3.63, 3.8) is 0 Å². The lowest BCUT2D eigenvalue weighted by Crippen LogP contribution is -2.42. The third-order valence-electron chi connectivity index (χ3n) is 2.38. The van der Waals surface area contributed by atoms with Gasteiger partial charge in [-0.3, -0.25) is 0 Å². The lowest BCUT2D eigenvalue weighted by molar-refractivity contribution is 0.353. The van der Waals surface area contributed by atoms with Gasteiger partial charge in [-0.1, -0.05) is 13.3 Å². The largest absolute Gasteiger partial charge is 0.318 e. The molecule has 11 heavy (non-hydrogen) atoms. The van der Waals surface area contributed by atoms with Gasteiger partial charge in [0.15, 0.2) is 0 Å². The molecule has 1 saturated carbocycles. The minimum atomic E-state index is 0.630. The lowest BCUT2D eigenvalue weighted by Gasteiger charge is -2.41. The molecule has 0 spiro atoms. The first-order chi connectivity index (χ1) is 5.33. The topological polar surface area (TPSA) is 12.0 Å². The Labute approximate surface area is 74.3 Å².